The summed E-state index contributed by atoms with van der Waals surface area (Å²) in [6, 6.07) is 0. The Bertz CT molecular complexity index is 316. The summed E-state index contributed by atoms with van der Waals surface area (Å²) in [6.45, 7) is 2.00. The average molecular weight is 245 g/mol. The third-order valence-electron chi connectivity index (χ3n) is 2.12. The van der Waals surface area contributed by atoms with Gasteiger partial charge in [0.2, 0.25) is 5.91 Å². The average Bonchev–Trinajstić information content (AvgIpc) is 2.48. The molecule has 1 rings (SSSR count). The highest BCUT2D eigenvalue weighted by molar-refractivity contribution is 8.04. The van der Waals surface area contributed by atoms with Crippen LogP contribution in [-0.2, 0) is 14.3 Å². The minimum Gasteiger partial charge on any atom is -0.463 e. The molecule has 1 aliphatic rings. The fourth-order valence-electron chi connectivity index (χ4n) is 1.32. The number of hydrogen-bond donors (Lipinski definition) is 1. The zero-order chi connectivity index (χ0) is 12.1. The summed E-state index contributed by atoms with van der Waals surface area (Å²) in [4.78, 5) is 24.3. The molecule has 0 aromatic heterocycles. The molecule has 0 aromatic carbocycles. The fourth-order valence-corrected chi connectivity index (χ4v) is 2.50. The number of rotatable bonds is 4. The number of carbonyl (C=O) groups is 2. The Morgan fingerprint density at radius 1 is 1.69 bits per heavy atom. The number of ether oxygens (including phenoxy) is 1. The molecule has 90 valence electrons. The van der Waals surface area contributed by atoms with Crippen LogP contribution < -0.4 is 0 Å². The second-order valence-corrected chi connectivity index (χ2v) is 4.47. The largest absolute Gasteiger partial charge is 0.463 e. The lowest BCUT2D eigenvalue weighted by Gasteiger charge is -2.08. The van der Waals surface area contributed by atoms with Crippen molar-refractivity contribution in [3.05, 3.63) is 11.1 Å². The standard InChI is InChI=1S/C10H15NO4S/c1-3-15-9(13)6-8-11(2)10(14)7(16-8)4-5-12/h6-7,12H,3-5H2,1-2H3/b8-6-. The van der Waals surface area contributed by atoms with Gasteiger partial charge in [-0.15, -0.1) is 0 Å². The normalized spacial score (nSPS) is 22.9. The van der Waals surface area contributed by atoms with Gasteiger partial charge in [0, 0.05) is 13.7 Å². The van der Waals surface area contributed by atoms with Gasteiger partial charge in [0.1, 0.15) is 0 Å². The van der Waals surface area contributed by atoms with Crippen molar-refractivity contribution >= 4 is 23.6 Å². The highest BCUT2D eigenvalue weighted by Gasteiger charge is 2.34. The van der Waals surface area contributed by atoms with Crippen molar-refractivity contribution in [3.63, 3.8) is 0 Å². The first-order valence-corrected chi connectivity index (χ1v) is 5.91. The molecule has 1 amide bonds. The second kappa shape index (κ2) is 5.91. The molecule has 0 saturated carbocycles. The predicted molar refractivity (Wildman–Crippen MR) is 60.6 cm³/mol. The number of nitrogens with zero attached hydrogens (tertiary/aromatic N) is 1. The maximum atomic E-state index is 11.6. The molecule has 1 fully saturated rings. The first kappa shape index (κ1) is 13.1. The van der Waals surface area contributed by atoms with Crippen LogP contribution in [0.15, 0.2) is 11.1 Å². The van der Waals surface area contributed by atoms with Gasteiger partial charge in [-0.3, -0.25) is 4.79 Å². The Morgan fingerprint density at radius 2 is 2.38 bits per heavy atom. The summed E-state index contributed by atoms with van der Waals surface area (Å²) in [7, 11) is 1.61. The van der Waals surface area contributed by atoms with Gasteiger partial charge in [-0.1, -0.05) is 11.8 Å². The Morgan fingerprint density at radius 3 is 2.94 bits per heavy atom. The molecule has 5 nitrogen and oxygen atoms in total. The van der Waals surface area contributed by atoms with Crippen molar-refractivity contribution in [1.82, 2.24) is 4.90 Å². The molecule has 1 atom stereocenters. The van der Waals surface area contributed by atoms with Crippen LogP contribution >= 0.6 is 11.8 Å². The fraction of sp³-hybridized carbons (Fsp3) is 0.600. The third-order valence-corrected chi connectivity index (χ3v) is 3.47. The number of aliphatic hydroxyl groups excluding tert-OH is 1. The van der Waals surface area contributed by atoms with E-state index >= 15 is 0 Å². The highest BCUT2D eigenvalue weighted by Crippen LogP contribution is 2.35. The van der Waals surface area contributed by atoms with Crippen molar-refractivity contribution in [2.75, 3.05) is 20.3 Å². The lowest BCUT2D eigenvalue weighted by atomic mass is 10.3. The molecule has 16 heavy (non-hydrogen) atoms. The summed E-state index contributed by atoms with van der Waals surface area (Å²) in [5, 5.41) is 9.06. The topological polar surface area (TPSA) is 66.8 Å². The van der Waals surface area contributed by atoms with E-state index in [0.717, 1.165) is 0 Å². The van der Waals surface area contributed by atoms with Crippen LogP contribution in [0, 0.1) is 0 Å². The van der Waals surface area contributed by atoms with Crippen molar-refractivity contribution in [2.24, 2.45) is 0 Å². The number of esters is 1. The van der Waals surface area contributed by atoms with E-state index in [1.165, 1.54) is 22.7 Å². The smallest absolute Gasteiger partial charge is 0.333 e. The van der Waals surface area contributed by atoms with E-state index in [4.69, 9.17) is 9.84 Å². The minimum atomic E-state index is -0.450. The van der Waals surface area contributed by atoms with Gasteiger partial charge in [-0.25, -0.2) is 4.79 Å². The molecule has 1 aliphatic heterocycles. The Labute approximate surface area is 98.4 Å². The highest BCUT2D eigenvalue weighted by atomic mass is 32.2. The van der Waals surface area contributed by atoms with Gasteiger partial charge >= 0.3 is 5.97 Å². The van der Waals surface area contributed by atoms with Gasteiger partial charge in [-0.05, 0) is 13.3 Å². The molecule has 0 bridgehead atoms. The molecule has 0 radical (unpaired) electrons. The van der Waals surface area contributed by atoms with Gasteiger partial charge in [0.25, 0.3) is 0 Å². The molecule has 6 heteroatoms. The quantitative estimate of drug-likeness (QED) is 0.571. The van der Waals surface area contributed by atoms with Gasteiger partial charge in [-0.2, -0.15) is 0 Å². The zero-order valence-corrected chi connectivity index (χ0v) is 10.1. The van der Waals surface area contributed by atoms with Crippen LogP contribution in [0.1, 0.15) is 13.3 Å². The van der Waals surface area contributed by atoms with Crippen molar-refractivity contribution in [2.45, 2.75) is 18.6 Å². The van der Waals surface area contributed by atoms with Gasteiger partial charge < -0.3 is 14.7 Å². The first-order valence-electron chi connectivity index (χ1n) is 5.03. The lowest BCUT2D eigenvalue weighted by Crippen LogP contribution is -2.25. The Hall–Kier alpha value is -1.01. The minimum absolute atomic E-state index is 0.0378. The predicted octanol–water partition coefficient (Wildman–Crippen LogP) is 0.347. The summed E-state index contributed by atoms with van der Waals surface area (Å²) in [6.07, 6.45) is 1.71. The number of aliphatic hydroxyl groups is 1. The molecule has 1 unspecified atom stereocenters. The molecule has 0 spiro atoms. The molecular formula is C10H15NO4S. The summed E-state index contributed by atoms with van der Waals surface area (Å²) in [5.41, 5.74) is 0. The summed E-state index contributed by atoms with van der Waals surface area (Å²) in [5.74, 6) is -0.538. The van der Waals surface area contributed by atoms with E-state index < -0.39 is 5.97 Å². The van der Waals surface area contributed by atoms with E-state index in [0.29, 0.717) is 18.1 Å². The van der Waals surface area contributed by atoms with E-state index in [-0.39, 0.29) is 17.8 Å². The van der Waals surface area contributed by atoms with Crippen molar-refractivity contribution < 1.29 is 19.4 Å². The van der Waals surface area contributed by atoms with E-state index in [2.05, 4.69) is 0 Å². The van der Waals surface area contributed by atoms with Crippen LogP contribution in [0.4, 0.5) is 0 Å². The first-order chi connectivity index (χ1) is 7.60. The Kier molecular flexibility index (Phi) is 4.82. The number of carbonyl (C=O) groups excluding carboxylic acids is 2. The zero-order valence-electron chi connectivity index (χ0n) is 9.30. The van der Waals surface area contributed by atoms with Crippen LogP contribution in [0.2, 0.25) is 0 Å². The van der Waals surface area contributed by atoms with Crippen LogP contribution in [0.3, 0.4) is 0 Å². The molecule has 0 aromatic rings. The van der Waals surface area contributed by atoms with Crippen LogP contribution in [0.25, 0.3) is 0 Å². The second-order valence-electron chi connectivity index (χ2n) is 3.25. The van der Waals surface area contributed by atoms with Gasteiger partial charge in [0.15, 0.2) is 0 Å². The Balaban J connectivity index is 2.69. The molecule has 1 heterocycles. The molecule has 1 N–H and O–H groups in total. The van der Waals surface area contributed by atoms with Crippen molar-refractivity contribution in [1.29, 1.82) is 0 Å². The maximum Gasteiger partial charge on any atom is 0.333 e. The summed E-state index contributed by atoms with van der Waals surface area (Å²) >= 11 is 1.28. The van der Waals surface area contributed by atoms with Crippen molar-refractivity contribution in [3.8, 4) is 0 Å². The molecule has 1 saturated heterocycles. The molecular weight excluding hydrogens is 230 g/mol. The monoisotopic (exact) mass is 245 g/mol. The third kappa shape index (κ3) is 2.99. The SMILES string of the molecule is CCOC(=O)/C=C1\SC(CCO)C(=O)N1C. The number of amides is 1. The van der Waals surface area contributed by atoms with E-state index in [1.54, 1.807) is 14.0 Å². The number of hydrogen-bond acceptors (Lipinski definition) is 5. The van der Waals surface area contributed by atoms with E-state index in [9.17, 15) is 9.59 Å². The van der Waals surface area contributed by atoms with E-state index in [1.807, 2.05) is 0 Å². The lowest BCUT2D eigenvalue weighted by molar-refractivity contribution is -0.137. The summed E-state index contributed by atoms with van der Waals surface area (Å²) < 4.78 is 4.77. The van der Waals surface area contributed by atoms with Crippen LogP contribution in [0.5, 0.6) is 0 Å². The van der Waals surface area contributed by atoms with Gasteiger partial charge in [0.05, 0.1) is 23.0 Å². The molecule has 0 aliphatic carbocycles. The van der Waals surface area contributed by atoms with Crippen LogP contribution in [-0.4, -0.2) is 47.4 Å². The maximum absolute atomic E-state index is 11.6. The number of thioether (sulfide) groups is 1.